The third-order valence-corrected chi connectivity index (χ3v) is 5.47. The summed E-state index contributed by atoms with van der Waals surface area (Å²) in [5, 5.41) is 0. The van der Waals surface area contributed by atoms with Crippen molar-refractivity contribution in [2.24, 2.45) is 11.8 Å². The molecule has 104 valence electrons. The summed E-state index contributed by atoms with van der Waals surface area (Å²) in [4.78, 5) is 14.7. The predicted octanol–water partition coefficient (Wildman–Crippen LogP) is 2.82. The average Bonchev–Trinajstić information content (AvgIpc) is 2.30. The number of likely N-dealkylation sites (tertiary alicyclic amines) is 1. The molecule has 3 nitrogen and oxygen atoms in total. The van der Waals surface area contributed by atoms with E-state index in [9.17, 15) is 4.79 Å². The van der Waals surface area contributed by atoms with Crippen molar-refractivity contribution in [2.75, 3.05) is 19.7 Å². The Morgan fingerprint density at radius 2 is 2.17 bits per heavy atom. The second-order valence-corrected chi connectivity index (χ2v) is 6.92. The van der Waals surface area contributed by atoms with Gasteiger partial charge in [-0.15, -0.1) is 0 Å². The lowest BCUT2D eigenvalue weighted by molar-refractivity contribution is -0.135. The number of rotatable bonds is 4. The van der Waals surface area contributed by atoms with Gasteiger partial charge in [0.25, 0.3) is 0 Å². The quantitative estimate of drug-likeness (QED) is 0.746. The first-order chi connectivity index (χ1) is 8.60. The molecular weight excluding hydrogens is 294 g/mol. The van der Waals surface area contributed by atoms with Gasteiger partial charge in [-0.1, -0.05) is 22.9 Å². The average molecular weight is 318 g/mol. The summed E-state index contributed by atoms with van der Waals surface area (Å²) in [6.45, 7) is 6.88. The Labute approximate surface area is 118 Å². The van der Waals surface area contributed by atoms with Crippen LogP contribution < -0.4 is 0 Å². The third-order valence-electron chi connectivity index (χ3n) is 4.28. The zero-order valence-electron chi connectivity index (χ0n) is 11.4. The zero-order valence-corrected chi connectivity index (χ0v) is 13.0. The molecule has 2 atom stereocenters. The Balaban J connectivity index is 1.70. The van der Waals surface area contributed by atoms with Crippen LogP contribution in [0.4, 0.5) is 0 Å². The number of hydrogen-bond donors (Lipinski definition) is 0. The van der Waals surface area contributed by atoms with Gasteiger partial charge in [-0.2, -0.15) is 0 Å². The van der Waals surface area contributed by atoms with E-state index in [1.807, 2.05) is 11.8 Å². The smallest absolute Gasteiger partial charge is 0.222 e. The first kappa shape index (κ1) is 14.3. The predicted molar refractivity (Wildman–Crippen MR) is 75.8 cm³/mol. The normalized spacial score (nSPS) is 36.3. The highest BCUT2D eigenvalue weighted by atomic mass is 79.9. The number of alkyl halides is 1. The van der Waals surface area contributed by atoms with Gasteiger partial charge in [0, 0.05) is 30.9 Å². The molecule has 2 unspecified atom stereocenters. The molecule has 0 radical (unpaired) electrons. The molecule has 0 N–H and O–H groups in total. The molecule has 1 saturated carbocycles. The van der Waals surface area contributed by atoms with Crippen LogP contribution >= 0.6 is 15.9 Å². The number of carbonyl (C=O) groups excluding carboxylic acids is 1. The summed E-state index contributed by atoms with van der Waals surface area (Å²) in [7, 11) is 0. The fourth-order valence-electron chi connectivity index (χ4n) is 2.84. The van der Waals surface area contributed by atoms with Crippen LogP contribution in [0.1, 0.15) is 39.5 Å². The van der Waals surface area contributed by atoms with Crippen molar-refractivity contribution in [3.8, 4) is 0 Å². The van der Waals surface area contributed by atoms with Gasteiger partial charge in [0.2, 0.25) is 5.91 Å². The molecule has 2 aliphatic rings. The zero-order chi connectivity index (χ0) is 13.1. The molecule has 1 aliphatic heterocycles. The minimum atomic E-state index is 0.339. The van der Waals surface area contributed by atoms with Crippen LogP contribution in [0, 0.1) is 11.8 Å². The van der Waals surface area contributed by atoms with Gasteiger partial charge in [-0.3, -0.25) is 4.79 Å². The second kappa shape index (κ2) is 6.38. The number of carbonyl (C=O) groups is 1. The number of piperidine rings is 1. The fourth-order valence-corrected chi connectivity index (χ4v) is 3.45. The second-order valence-electron chi connectivity index (χ2n) is 5.74. The molecule has 2 rings (SSSR count). The molecule has 1 heterocycles. The van der Waals surface area contributed by atoms with Crippen molar-refractivity contribution in [3.05, 3.63) is 0 Å². The van der Waals surface area contributed by atoms with Crippen molar-refractivity contribution < 1.29 is 9.53 Å². The number of halogens is 1. The maximum absolute atomic E-state index is 12.2. The molecule has 0 aromatic carbocycles. The summed E-state index contributed by atoms with van der Waals surface area (Å²) < 4.78 is 5.53. The van der Waals surface area contributed by atoms with E-state index in [-0.39, 0.29) is 0 Å². The van der Waals surface area contributed by atoms with Crippen molar-refractivity contribution in [2.45, 2.75) is 50.5 Å². The largest absolute Gasteiger partial charge is 0.378 e. The minimum Gasteiger partial charge on any atom is -0.378 e. The van der Waals surface area contributed by atoms with Crippen LogP contribution in [0.3, 0.4) is 0 Å². The van der Waals surface area contributed by atoms with Gasteiger partial charge in [0.1, 0.15) is 0 Å². The van der Waals surface area contributed by atoms with Crippen LogP contribution in [0.15, 0.2) is 0 Å². The molecule has 18 heavy (non-hydrogen) atoms. The summed E-state index contributed by atoms with van der Waals surface area (Å²) >= 11 is 3.68. The van der Waals surface area contributed by atoms with E-state index >= 15 is 0 Å². The third kappa shape index (κ3) is 3.47. The molecular formula is C14H24BrNO2. The lowest BCUT2D eigenvalue weighted by Crippen LogP contribution is -2.45. The molecule has 0 aromatic heterocycles. The number of ether oxygens (including phenoxy) is 1. The summed E-state index contributed by atoms with van der Waals surface area (Å²) in [6.07, 6.45) is 4.40. The Kier molecular flexibility index (Phi) is 5.07. The molecule has 1 amide bonds. The highest BCUT2D eigenvalue weighted by molar-refractivity contribution is 9.09. The molecule has 4 heteroatoms. The summed E-state index contributed by atoms with van der Waals surface area (Å²) in [5.41, 5.74) is 0. The SMILES string of the molecule is CCOC1CC(CC(=O)N2CCC(C)C(Br)C2)C1. The highest BCUT2D eigenvalue weighted by Crippen LogP contribution is 2.33. The number of nitrogens with zero attached hydrogens (tertiary/aromatic N) is 1. The molecule has 2 fully saturated rings. The van der Waals surface area contributed by atoms with Crippen LogP contribution in [0.25, 0.3) is 0 Å². The molecule has 1 aliphatic carbocycles. The molecule has 1 saturated heterocycles. The molecule has 0 aromatic rings. The van der Waals surface area contributed by atoms with Gasteiger partial charge in [0.15, 0.2) is 0 Å². The van der Waals surface area contributed by atoms with Crippen LogP contribution in [-0.4, -0.2) is 41.4 Å². The Bertz CT molecular complexity index is 292. The van der Waals surface area contributed by atoms with E-state index in [0.717, 1.165) is 45.4 Å². The Hall–Kier alpha value is -0.0900. The monoisotopic (exact) mass is 317 g/mol. The Morgan fingerprint density at radius 3 is 2.78 bits per heavy atom. The van der Waals surface area contributed by atoms with E-state index in [1.54, 1.807) is 0 Å². The van der Waals surface area contributed by atoms with E-state index in [0.29, 0.717) is 28.7 Å². The van der Waals surface area contributed by atoms with E-state index in [2.05, 4.69) is 22.9 Å². The molecule has 0 spiro atoms. The lowest BCUT2D eigenvalue weighted by atomic mass is 9.79. The lowest BCUT2D eigenvalue weighted by Gasteiger charge is -2.38. The first-order valence-electron chi connectivity index (χ1n) is 7.13. The maximum Gasteiger partial charge on any atom is 0.222 e. The van der Waals surface area contributed by atoms with Gasteiger partial charge < -0.3 is 9.64 Å². The van der Waals surface area contributed by atoms with E-state index in [4.69, 9.17) is 4.74 Å². The number of amides is 1. The first-order valence-corrected chi connectivity index (χ1v) is 8.05. The van der Waals surface area contributed by atoms with Gasteiger partial charge >= 0.3 is 0 Å². The van der Waals surface area contributed by atoms with E-state index < -0.39 is 0 Å². The van der Waals surface area contributed by atoms with Crippen LogP contribution in [0.2, 0.25) is 0 Å². The number of hydrogen-bond acceptors (Lipinski definition) is 2. The maximum atomic E-state index is 12.2. The summed E-state index contributed by atoms with van der Waals surface area (Å²) in [6, 6.07) is 0. The van der Waals surface area contributed by atoms with Crippen molar-refractivity contribution in [3.63, 3.8) is 0 Å². The standard InChI is InChI=1S/C14H24BrNO2/c1-3-18-12-6-11(7-12)8-14(17)16-5-4-10(2)13(15)9-16/h10-13H,3-9H2,1-2H3. The van der Waals surface area contributed by atoms with Gasteiger partial charge in [0.05, 0.1) is 6.10 Å². The van der Waals surface area contributed by atoms with Crippen molar-refractivity contribution >= 4 is 21.8 Å². The molecule has 0 bridgehead atoms. The van der Waals surface area contributed by atoms with Crippen LogP contribution in [-0.2, 0) is 9.53 Å². The Morgan fingerprint density at radius 1 is 1.44 bits per heavy atom. The van der Waals surface area contributed by atoms with Crippen LogP contribution in [0.5, 0.6) is 0 Å². The van der Waals surface area contributed by atoms with Crippen molar-refractivity contribution in [1.29, 1.82) is 0 Å². The van der Waals surface area contributed by atoms with Crippen molar-refractivity contribution in [1.82, 2.24) is 4.90 Å². The minimum absolute atomic E-state index is 0.339. The van der Waals surface area contributed by atoms with E-state index in [1.165, 1.54) is 0 Å². The van der Waals surface area contributed by atoms with Gasteiger partial charge in [-0.05, 0) is 38.0 Å². The summed E-state index contributed by atoms with van der Waals surface area (Å²) in [5.74, 6) is 1.58. The topological polar surface area (TPSA) is 29.5 Å². The highest BCUT2D eigenvalue weighted by Gasteiger charge is 2.34. The fraction of sp³-hybridized carbons (Fsp3) is 0.929. The van der Waals surface area contributed by atoms with Gasteiger partial charge in [-0.25, -0.2) is 0 Å².